The largest absolute Gasteiger partial charge is 0.314 e. The highest BCUT2D eigenvalue weighted by Gasteiger charge is 2.35. The molecule has 2 heteroatoms. The molecule has 0 N–H and O–H groups in total. The minimum absolute atomic E-state index is 0.0990. The van der Waals surface area contributed by atoms with Crippen molar-refractivity contribution in [2.45, 2.75) is 64.7 Å². The first-order valence-corrected chi connectivity index (χ1v) is 20.9. The van der Waals surface area contributed by atoms with E-state index in [0.717, 1.165) is 49.9 Å². The minimum Gasteiger partial charge on any atom is -0.314 e. The second kappa shape index (κ2) is 17.4. The molecule has 8 rings (SSSR count). The van der Waals surface area contributed by atoms with Gasteiger partial charge in [0, 0.05) is 45.7 Å². The van der Waals surface area contributed by atoms with Crippen molar-refractivity contribution in [1.29, 1.82) is 0 Å². The van der Waals surface area contributed by atoms with Crippen molar-refractivity contribution in [2.75, 3.05) is 4.90 Å². The van der Waals surface area contributed by atoms with Gasteiger partial charge >= 0.3 is 0 Å². The van der Waals surface area contributed by atoms with Gasteiger partial charge in [0.25, 0.3) is 0 Å². The molecule has 58 heavy (non-hydrogen) atoms. The summed E-state index contributed by atoms with van der Waals surface area (Å²) in [6, 6.07) is 24.7. The number of aromatic nitrogens is 1. The molecular formula is C56H54N2. The number of rotatable bonds is 11. The summed E-state index contributed by atoms with van der Waals surface area (Å²) in [5.74, 6) is 0. The van der Waals surface area contributed by atoms with Crippen molar-refractivity contribution < 1.29 is 0 Å². The van der Waals surface area contributed by atoms with E-state index in [1.54, 1.807) is 0 Å². The van der Waals surface area contributed by atoms with Gasteiger partial charge in [0.2, 0.25) is 0 Å². The number of aryl methyl sites for hydroxylation is 1. The molecule has 288 valence electrons. The number of benzene rings is 3. The zero-order chi connectivity index (χ0) is 39.9. The van der Waals surface area contributed by atoms with E-state index < -0.39 is 0 Å². The highest BCUT2D eigenvalue weighted by atomic mass is 15.2. The molecule has 0 unspecified atom stereocenters. The van der Waals surface area contributed by atoms with Crippen LogP contribution in [0.2, 0.25) is 0 Å². The monoisotopic (exact) mass is 754 g/mol. The number of hydrogen-bond acceptors (Lipinski definition) is 1. The lowest BCUT2D eigenvalue weighted by molar-refractivity contribution is 0.660. The number of hydrogen-bond donors (Lipinski definition) is 0. The topological polar surface area (TPSA) is 8.17 Å². The van der Waals surface area contributed by atoms with Crippen LogP contribution in [0.5, 0.6) is 0 Å². The number of unbranched alkanes of at least 4 members (excludes halogenated alkanes) is 1. The van der Waals surface area contributed by atoms with E-state index in [0.29, 0.717) is 0 Å². The molecule has 2 nitrogen and oxygen atoms in total. The molecule has 1 aromatic heterocycles. The van der Waals surface area contributed by atoms with Crippen LogP contribution in [0.15, 0.2) is 211 Å². The lowest BCUT2D eigenvalue weighted by atomic mass is 9.82. The average molecular weight is 755 g/mol. The molecule has 0 aliphatic heterocycles. The van der Waals surface area contributed by atoms with Crippen LogP contribution >= 0.6 is 0 Å². The smallest absolute Gasteiger partial charge is 0.0537 e. The van der Waals surface area contributed by atoms with Crippen LogP contribution in [0.25, 0.3) is 33.8 Å². The van der Waals surface area contributed by atoms with Crippen LogP contribution in [-0.2, 0) is 5.41 Å². The Morgan fingerprint density at radius 3 is 2.43 bits per heavy atom. The molecule has 3 aromatic carbocycles. The molecular weight excluding hydrogens is 701 g/mol. The third-order valence-corrected chi connectivity index (χ3v) is 11.7. The number of allylic oxidation sites excluding steroid dienone is 22. The average Bonchev–Trinajstić information content (AvgIpc) is 3.42. The molecule has 0 atom stereocenters. The van der Waals surface area contributed by atoms with Crippen molar-refractivity contribution in [3.8, 4) is 11.1 Å². The molecule has 0 bridgehead atoms. The summed E-state index contributed by atoms with van der Waals surface area (Å²) in [6.07, 6.45) is 50.3. The maximum absolute atomic E-state index is 4.18. The van der Waals surface area contributed by atoms with E-state index in [1.165, 1.54) is 67.0 Å². The maximum atomic E-state index is 4.18. The quantitative estimate of drug-likeness (QED) is 0.0841. The van der Waals surface area contributed by atoms with Gasteiger partial charge in [-0.3, -0.25) is 0 Å². The fraction of sp³-hybridized carbons (Fsp3) is 0.179. The molecule has 0 spiro atoms. The number of fused-ring (bicyclic) bond motifs is 4. The molecule has 0 amide bonds. The van der Waals surface area contributed by atoms with Crippen LogP contribution in [0, 0.1) is 6.92 Å². The zero-order valence-electron chi connectivity index (χ0n) is 34.2. The predicted octanol–water partition coefficient (Wildman–Crippen LogP) is 15.1. The zero-order valence-corrected chi connectivity index (χ0v) is 34.2. The van der Waals surface area contributed by atoms with Crippen molar-refractivity contribution in [2.24, 2.45) is 0 Å². The van der Waals surface area contributed by atoms with E-state index in [-0.39, 0.29) is 5.41 Å². The first-order valence-electron chi connectivity index (χ1n) is 20.9. The lowest BCUT2D eigenvalue weighted by Gasteiger charge is -2.30. The number of para-hydroxylation sites is 1. The van der Waals surface area contributed by atoms with Crippen LogP contribution in [0.1, 0.15) is 74.8 Å². The normalized spacial score (nSPS) is 19.3. The van der Waals surface area contributed by atoms with E-state index >= 15 is 0 Å². The summed E-state index contributed by atoms with van der Waals surface area (Å²) >= 11 is 0. The Kier molecular flexibility index (Phi) is 11.6. The van der Waals surface area contributed by atoms with Crippen LogP contribution < -0.4 is 4.90 Å². The second-order valence-electron chi connectivity index (χ2n) is 15.9. The molecule has 0 saturated carbocycles. The fourth-order valence-corrected chi connectivity index (χ4v) is 8.76. The Morgan fingerprint density at radius 2 is 1.52 bits per heavy atom. The highest BCUT2D eigenvalue weighted by molar-refractivity contribution is 5.92. The van der Waals surface area contributed by atoms with Gasteiger partial charge in [-0.15, -0.1) is 0 Å². The van der Waals surface area contributed by atoms with Crippen LogP contribution in [-0.4, -0.2) is 4.57 Å². The third-order valence-electron chi connectivity index (χ3n) is 11.7. The van der Waals surface area contributed by atoms with Gasteiger partial charge in [0.05, 0.1) is 5.52 Å². The van der Waals surface area contributed by atoms with Crippen molar-refractivity contribution in [1.82, 2.24) is 4.57 Å². The van der Waals surface area contributed by atoms with Crippen LogP contribution in [0.4, 0.5) is 5.69 Å². The van der Waals surface area contributed by atoms with Gasteiger partial charge in [-0.25, -0.2) is 0 Å². The van der Waals surface area contributed by atoms with Gasteiger partial charge in [0.1, 0.15) is 0 Å². The summed E-state index contributed by atoms with van der Waals surface area (Å²) in [5, 5.41) is 1.30. The number of nitrogens with zero attached hydrogens (tertiary/aromatic N) is 2. The standard InChI is InChI=1S/C56H54N2/c1-5-24-45(28-17-11-12-18-35-54-42(2)49-32-20-22-36-55(49)58(54)46-29-15-7-6-8-16-30-46)57(47-31-23-27-44(37-38-47)43-25-13-9-10-14-26-43)48-39-40-51-50-33-19-21-34-52(50)56(3,4)53(51)41-48/h5-7,9,13-14,16-30,32-41H,1,8,10-12,15,31H2,2-4H3/b7-6-,28-17-,30-16-,35-18-,45-24+,46-29+. The Morgan fingerprint density at radius 1 is 0.759 bits per heavy atom. The van der Waals surface area contributed by atoms with E-state index in [4.69, 9.17) is 0 Å². The Labute approximate surface area is 346 Å². The third kappa shape index (κ3) is 7.80. The summed E-state index contributed by atoms with van der Waals surface area (Å²) < 4.78 is 2.43. The van der Waals surface area contributed by atoms with E-state index in [2.05, 4.69) is 219 Å². The van der Waals surface area contributed by atoms with Crippen LogP contribution in [0.3, 0.4) is 0 Å². The van der Waals surface area contributed by atoms with Gasteiger partial charge in [-0.2, -0.15) is 0 Å². The summed E-state index contributed by atoms with van der Waals surface area (Å²) in [7, 11) is 0. The molecule has 0 saturated heterocycles. The summed E-state index contributed by atoms with van der Waals surface area (Å²) in [4.78, 5) is 2.43. The SMILES string of the molecule is C=C/C=C(\C=C/CC/C=C\c1c(C)c2ccccc2n1C1=C/C/C=C\C/C=C\1)N(C1=CC=C(C2=CC=CCC=C2)C=CC1)c1ccc2c(c1)C(C)(C)c1ccccc1-2. The first kappa shape index (κ1) is 38.5. The maximum Gasteiger partial charge on any atom is 0.0537 e. The fourth-order valence-electron chi connectivity index (χ4n) is 8.76. The first-order chi connectivity index (χ1) is 28.5. The molecule has 4 aromatic rings. The summed E-state index contributed by atoms with van der Waals surface area (Å²) in [5.41, 5.74) is 16.3. The number of anilines is 1. The Balaban J connectivity index is 1.11. The lowest BCUT2D eigenvalue weighted by Crippen LogP contribution is -2.22. The molecule has 4 aliphatic rings. The second-order valence-corrected chi connectivity index (χ2v) is 15.9. The molecule has 0 fully saturated rings. The van der Waals surface area contributed by atoms with Gasteiger partial charge in [-0.05, 0) is 127 Å². The van der Waals surface area contributed by atoms with Crippen molar-refractivity contribution in [3.05, 3.63) is 234 Å². The van der Waals surface area contributed by atoms with Crippen molar-refractivity contribution in [3.63, 3.8) is 0 Å². The highest BCUT2D eigenvalue weighted by Crippen LogP contribution is 2.50. The Hall–Kier alpha value is -6.38. The Bertz CT molecular complexity index is 2600. The minimum atomic E-state index is -0.0990. The molecule has 0 radical (unpaired) electrons. The van der Waals surface area contributed by atoms with Gasteiger partial charge in [0.15, 0.2) is 0 Å². The van der Waals surface area contributed by atoms with E-state index in [1.807, 2.05) is 6.08 Å². The molecule has 1 heterocycles. The van der Waals surface area contributed by atoms with Crippen molar-refractivity contribution >= 4 is 28.4 Å². The van der Waals surface area contributed by atoms with Gasteiger partial charge in [-0.1, -0.05) is 160 Å². The summed E-state index contributed by atoms with van der Waals surface area (Å²) in [6.45, 7) is 11.1. The predicted molar refractivity (Wildman–Crippen MR) is 252 cm³/mol. The van der Waals surface area contributed by atoms with Gasteiger partial charge < -0.3 is 9.47 Å². The molecule has 4 aliphatic carbocycles. The van der Waals surface area contributed by atoms with E-state index in [9.17, 15) is 0 Å².